The third-order valence-corrected chi connectivity index (χ3v) is 3.54. The van der Waals surface area contributed by atoms with E-state index in [-0.39, 0.29) is 0 Å². The standard InChI is InChI=1S/C13H18N6O/c1-20-9-10-4-2-6-18(10)11-8-15-13(17-12(11)14)19-7-3-5-16-19/h3,5,7-8,10H,2,4,6,9H2,1H3,(H2,14,15,17). The number of nitrogens with two attached hydrogens (primary N) is 1. The molecule has 0 aromatic carbocycles. The van der Waals surface area contributed by atoms with E-state index in [1.165, 1.54) is 0 Å². The molecule has 3 heterocycles. The molecule has 0 amide bonds. The maximum Gasteiger partial charge on any atom is 0.252 e. The van der Waals surface area contributed by atoms with Crippen molar-refractivity contribution in [2.24, 2.45) is 0 Å². The van der Waals surface area contributed by atoms with Gasteiger partial charge in [0.15, 0.2) is 5.82 Å². The van der Waals surface area contributed by atoms with Crippen molar-refractivity contribution < 1.29 is 4.74 Å². The van der Waals surface area contributed by atoms with Gasteiger partial charge in [0, 0.05) is 26.0 Å². The first kappa shape index (κ1) is 12.9. The quantitative estimate of drug-likeness (QED) is 0.890. The van der Waals surface area contributed by atoms with Gasteiger partial charge in [-0.3, -0.25) is 0 Å². The molecule has 1 atom stereocenters. The summed E-state index contributed by atoms with van der Waals surface area (Å²) in [6.07, 6.45) is 7.48. The van der Waals surface area contributed by atoms with Crippen molar-refractivity contribution in [3.8, 4) is 5.95 Å². The zero-order chi connectivity index (χ0) is 13.9. The monoisotopic (exact) mass is 274 g/mol. The molecule has 2 aromatic heterocycles. The second kappa shape index (κ2) is 5.46. The lowest BCUT2D eigenvalue weighted by molar-refractivity contribution is 0.181. The van der Waals surface area contributed by atoms with Crippen LogP contribution >= 0.6 is 0 Å². The van der Waals surface area contributed by atoms with Gasteiger partial charge in [0.05, 0.1) is 24.5 Å². The van der Waals surface area contributed by atoms with Crippen LogP contribution in [0.4, 0.5) is 11.5 Å². The van der Waals surface area contributed by atoms with E-state index in [4.69, 9.17) is 10.5 Å². The molecule has 106 valence electrons. The van der Waals surface area contributed by atoms with Gasteiger partial charge >= 0.3 is 0 Å². The number of hydrogen-bond donors (Lipinski definition) is 1. The summed E-state index contributed by atoms with van der Waals surface area (Å²) in [4.78, 5) is 10.9. The Morgan fingerprint density at radius 1 is 1.50 bits per heavy atom. The number of aromatic nitrogens is 4. The fourth-order valence-corrected chi connectivity index (χ4v) is 2.62. The summed E-state index contributed by atoms with van der Waals surface area (Å²) in [5.74, 6) is 0.965. The Hall–Kier alpha value is -2.15. The first-order valence-electron chi connectivity index (χ1n) is 6.67. The summed E-state index contributed by atoms with van der Waals surface area (Å²) in [5.41, 5.74) is 6.97. The molecule has 0 bridgehead atoms. The molecule has 7 heteroatoms. The predicted molar refractivity (Wildman–Crippen MR) is 75.8 cm³/mol. The lowest BCUT2D eigenvalue weighted by Crippen LogP contribution is -2.33. The van der Waals surface area contributed by atoms with Crippen LogP contribution in [0.3, 0.4) is 0 Å². The van der Waals surface area contributed by atoms with Gasteiger partial charge in [-0.25, -0.2) is 9.67 Å². The summed E-state index contributed by atoms with van der Waals surface area (Å²) < 4.78 is 6.86. The molecule has 20 heavy (non-hydrogen) atoms. The Morgan fingerprint density at radius 3 is 3.10 bits per heavy atom. The summed E-state index contributed by atoms with van der Waals surface area (Å²) in [7, 11) is 1.72. The van der Waals surface area contributed by atoms with Crippen molar-refractivity contribution in [2.45, 2.75) is 18.9 Å². The maximum absolute atomic E-state index is 6.09. The summed E-state index contributed by atoms with van der Waals surface area (Å²) in [5, 5.41) is 4.10. The fourth-order valence-electron chi connectivity index (χ4n) is 2.62. The van der Waals surface area contributed by atoms with Gasteiger partial charge in [0.1, 0.15) is 0 Å². The minimum atomic E-state index is 0.349. The van der Waals surface area contributed by atoms with Crippen molar-refractivity contribution >= 4 is 11.5 Å². The molecular formula is C13H18N6O. The van der Waals surface area contributed by atoms with E-state index in [9.17, 15) is 0 Å². The van der Waals surface area contributed by atoms with Crippen molar-refractivity contribution in [2.75, 3.05) is 30.9 Å². The normalized spacial score (nSPS) is 18.6. The van der Waals surface area contributed by atoms with Crippen LogP contribution in [0.1, 0.15) is 12.8 Å². The van der Waals surface area contributed by atoms with E-state index in [1.807, 2.05) is 6.07 Å². The molecule has 3 rings (SSSR count). The van der Waals surface area contributed by atoms with Crippen LogP contribution < -0.4 is 10.6 Å². The van der Waals surface area contributed by atoms with E-state index in [2.05, 4.69) is 20.0 Å². The summed E-state index contributed by atoms with van der Waals surface area (Å²) in [6.45, 7) is 1.66. The Labute approximate surface area is 117 Å². The molecule has 1 fully saturated rings. The van der Waals surface area contributed by atoms with Crippen molar-refractivity contribution in [1.29, 1.82) is 0 Å². The van der Waals surface area contributed by atoms with Crippen LogP contribution in [-0.4, -0.2) is 46.1 Å². The van der Waals surface area contributed by atoms with Gasteiger partial charge in [-0.1, -0.05) is 0 Å². The molecule has 0 radical (unpaired) electrons. The van der Waals surface area contributed by atoms with E-state index >= 15 is 0 Å². The molecule has 2 N–H and O–H groups in total. The molecule has 1 unspecified atom stereocenters. The largest absolute Gasteiger partial charge is 0.383 e. The average molecular weight is 274 g/mol. The van der Waals surface area contributed by atoms with Gasteiger partial charge in [-0.15, -0.1) is 0 Å². The second-order valence-corrected chi connectivity index (χ2v) is 4.84. The molecule has 1 saturated heterocycles. The van der Waals surface area contributed by atoms with Gasteiger partial charge in [0.25, 0.3) is 5.95 Å². The molecule has 0 saturated carbocycles. The van der Waals surface area contributed by atoms with Crippen molar-refractivity contribution in [3.05, 3.63) is 24.7 Å². The van der Waals surface area contributed by atoms with Crippen LogP contribution in [0.5, 0.6) is 0 Å². The van der Waals surface area contributed by atoms with E-state index < -0.39 is 0 Å². The van der Waals surface area contributed by atoms with Crippen molar-refractivity contribution in [3.63, 3.8) is 0 Å². The van der Waals surface area contributed by atoms with Gasteiger partial charge in [-0.05, 0) is 18.9 Å². The van der Waals surface area contributed by atoms with E-state index in [0.29, 0.717) is 24.4 Å². The minimum Gasteiger partial charge on any atom is -0.383 e. The number of anilines is 2. The topological polar surface area (TPSA) is 82.1 Å². The lowest BCUT2D eigenvalue weighted by atomic mass is 10.2. The highest BCUT2D eigenvalue weighted by atomic mass is 16.5. The smallest absolute Gasteiger partial charge is 0.252 e. The molecule has 1 aliphatic rings. The molecule has 0 aliphatic carbocycles. The molecular weight excluding hydrogens is 256 g/mol. The highest BCUT2D eigenvalue weighted by molar-refractivity contribution is 5.64. The Morgan fingerprint density at radius 2 is 2.40 bits per heavy atom. The van der Waals surface area contributed by atoms with Gasteiger partial charge in [-0.2, -0.15) is 10.1 Å². The Bertz CT molecular complexity index is 570. The maximum atomic E-state index is 6.09. The summed E-state index contributed by atoms with van der Waals surface area (Å²) >= 11 is 0. The highest BCUT2D eigenvalue weighted by Crippen LogP contribution is 2.29. The molecule has 2 aromatic rings. The number of nitrogens with zero attached hydrogens (tertiary/aromatic N) is 5. The SMILES string of the molecule is COCC1CCCN1c1cnc(-n2cccn2)nc1N. The number of nitrogen functional groups attached to an aromatic ring is 1. The third kappa shape index (κ3) is 2.32. The van der Waals surface area contributed by atoms with Crippen molar-refractivity contribution in [1.82, 2.24) is 19.7 Å². The predicted octanol–water partition coefficient (Wildman–Crippen LogP) is 0.860. The molecule has 1 aliphatic heterocycles. The van der Waals surface area contributed by atoms with Crippen LogP contribution in [0.25, 0.3) is 5.95 Å². The first-order chi connectivity index (χ1) is 9.79. The van der Waals surface area contributed by atoms with Gasteiger partial charge < -0.3 is 15.4 Å². The van der Waals surface area contributed by atoms with Gasteiger partial charge in [0.2, 0.25) is 0 Å². The van der Waals surface area contributed by atoms with E-state index in [0.717, 1.165) is 25.1 Å². The number of rotatable bonds is 4. The van der Waals surface area contributed by atoms with E-state index in [1.54, 1.807) is 30.4 Å². The minimum absolute atomic E-state index is 0.349. The zero-order valence-corrected chi connectivity index (χ0v) is 11.4. The first-order valence-corrected chi connectivity index (χ1v) is 6.67. The second-order valence-electron chi connectivity index (χ2n) is 4.84. The number of hydrogen-bond acceptors (Lipinski definition) is 6. The molecule has 7 nitrogen and oxygen atoms in total. The molecule has 0 spiro atoms. The zero-order valence-electron chi connectivity index (χ0n) is 11.4. The fraction of sp³-hybridized carbons (Fsp3) is 0.462. The number of ether oxygens (including phenoxy) is 1. The third-order valence-electron chi connectivity index (χ3n) is 3.54. The summed E-state index contributed by atoms with van der Waals surface area (Å²) in [6, 6.07) is 2.17. The highest BCUT2D eigenvalue weighted by Gasteiger charge is 2.26. The number of methoxy groups -OCH3 is 1. The Kier molecular flexibility index (Phi) is 3.51. The van der Waals surface area contributed by atoms with Crippen LogP contribution in [-0.2, 0) is 4.74 Å². The average Bonchev–Trinajstić information content (AvgIpc) is 3.10. The van der Waals surface area contributed by atoms with Crippen LogP contribution in [0.15, 0.2) is 24.7 Å². The Balaban J connectivity index is 1.87. The lowest BCUT2D eigenvalue weighted by Gasteiger charge is -2.26. The van der Waals surface area contributed by atoms with Crippen LogP contribution in [0.2, 0.25) is 0 Å². The van der Waals surface area contributed by atoms with Crippen LogP contribution in [0, 0.1) is 0 Å².